The van der Waals surface area contributed by atoms with E-state index < -0.39 is 0 Å². The van der Waals surface area contributed by atoms with E-state index in [0.29, 0.717) is 16.1 Å². The van der Waals surface area contributed by atoms with E-state index in [-0.39, 0.29) is 11.9 Å². The molecule has 154 valence electrons. The average molecular weight is 430 g/mol. The first kappa shape index (κ1) is 20.5. The van der Waals surface area contributed by atoms with Crippen LogP contribution >= 0.6 is 23.5 Å². The Balaban J connectivity index is 1.52. The number of benzene rings is 2. The number of hydrogen-bond acceptors (Lipinski definition) is 5. The number of methoxy groups -OCH3 is 2. The van der Waals surface area contributed by atoms with E-state index in [2.05, 4.69) is 12.1 Å². The molecule has 4 rings (SSSR count). The highest BCUT2D eigenvalue weighted by Gasteiger charge is 2.31. The summed E-state index contributed by atoms with van der Waals surface area (Å²) in [5.41, 5.74) is 3.18. The molecular weight excluding hydrogens is 402 g/mol. The van der Waals surface area contributed by atoms with Crippen LogP contribution in [0.1, 0.15) is 51.4 Å². The molecule has 0 aliphatic carbocycles. The highest BCUT2D eigenvalue weighted by Crippen LogP contribution is 2.43. The fraction of sp³-hybridized carbons (Fsp3) is 0.435. The molecule has 2 aromatic rings. The van der Waals surface area contributed by atoms with Crippen molar-refractivity contribution in [3.63, 3.8) is 0 Å². The summed E-state index contributed by atoms with van der Waals surface area (Å²) in [4.78, 5) is 15.3. The van der Waals surface area contributed by atoms with Crippen LogP contribution in [0.4, 0.5) is 0 Å². The molecule has 0 spiro atoms. The van der Waals surface area contributed by atoms with Gasteiger partial charge < -0.3 is 14.4 Å². The topological polar surface area (TPSA) is 38.8 Å². The van der Waals surface area contributed by atoms with Crippen molar-refractivity contribution in [2.75, 3.05) is 32.3 Å². The second-order valence-corrected chi connectivity index (χ2v) is 10.0. The number of ether oxygens (including phenoxy) is 2. The molecule has 0 saturated carbocycles. The van der Waals surface area contributed by atoms with E-state index >= 15 is 0 Å². The molecule has 2 aromatic carbocycles. The van der Waals surface area contributed by atoms with Gasteiger partial charge in [0.1, 0.15) is 0 Å². The van der Waals surface area contributed by atoms with E-state index in [1.54, 1.807) is 14.2 Å². The summed E-state index contributed by atoms with van der Waals surface area (Å²) in [5, 5.41) is 0. The SMILES string of the molecule is COc1ccc(C2CCCN2C(=O)c2ccc(C3SCCCS3)cc2)cc1OC. The van der Waals surface area contributed by atoms with Crippen molar-refractivity contribution < 1.29 is 14.3 Å². The normalized spacial score (nSPS) is 19.9. The lowest BCUT2D eigenvalue weighted by molar-refractivity contribution is 0.0735. The lowest BCUT2D eigenvalue weighted by Crippen LogP contribution is -2.30. The van der Waals surface area contributed by atoms with Gasteiger partial charge in [-0.25, -0.2) is 0 Å². The zero-order valence-corrected chi connectivity index (χ0v) is 18.6. The lowest BCUT2D eigenvalue weighted by Gasteiger charge is -2.26. The van der Waals surface area contributed by atoms with E-state index in [9.17, 15) is 4.79 Å². The van der Waals surface area contributed by atoms with E-state index in [4.69, 9.17) is 9.47 Å². The Morgan fingerprint density at radius 1 is 0.931 bits per heavy atom. The summed E-state index contributed by atoms with van der Waals surface area (Å²) >= 11 is 4.01. The average Bonchev–Trinajstić information content (AvgIpc) is 3.28. The number of carbonyl (C=O) groups excluding carboxylic acids is 1. The summed E-state index contributed by atoms with van der Waals surface area (Å²) in [6, 6.07) is 14.3. The predicted molar refractivity (Wildman–Crippen MR) is 121 cm³/mol. The van der Waals surface area contributed by atoms with Gasteiger partial charge in [-0.2, -0.15) is 0 Å². The van der Waals surface area contributed by atoms with Crippen molar-refractivity contribution in [3.8, 4) is 11.5 Å². The first-order chi connectivity index (χ1) is 14.2. The smallest absolute Gasteiger partial charge is 0.254 e. The van der Waals surface area contributed by atoms with Crippen LogP contribution in [-0.4, -0.2) is 43.1 Å². The maximum absolute atomic E-state index is 13.3. The van der Waals surface area contributed by atoms with Gasteiger partial charge in [-0.05, 0) is 66.2 Å². The molecule has 2 heterocycles. The van der Waals surface area contributed by atoms with Gasteiger partial charge in [0.2, 0.25) is 0 Å². The zero-order valence-electron chi connectivity index (χ0n) is 16.9. The van der Waals surface area contributed by atoms with Crippen molar-refractivity contribution >= 4 is 29.4 Å². The van der Waals surface area contributed by atoms with Crippen LogP contribution in [0.3, 0.4) is 0 Å². The molecular formula is C23H27NO3S2. The molecule has 1 unspecified atom stereocenters. The van der Waals surface area contributed by atoms with Crippen LogP contribution in [0, 0.1) is 0 Å². The quantitative estimate of drug-likeness (QED) is 0.623. The molecule has 2 aliphatic rings. The van der Waals surface area contributed by atoms with Gasteiger partial charge in [0.25, 0.3) is 5.91 Å². The maximum Gasteiger partial charge on any atom is 0.254 e. The minimum absolute atomic E-state index is 0.0754. The molecule has 1 atom stereocenters. The minimum Gasteiger partial charge on any atom is -0.493 e. The molecule has 0 radical (unpaired) electrons. The van der Waals surface area contributed by atoms with E-state index in [1.807, 2.05) is 58.8 Å². The minimum atomic E-state index is 0.0754. The molecule has 1 amide bonds. The molecule has 0 bridgehead atoms. The Hall–Kier alpha value is -1.79. The van der Waals surface area contributed by atoms with Crippen molar-refractivity contribution in [1.29, 1.82) is 0 Å². The monoisotopic (exact) mass is 429 g/mol. The van der Waals surface area contributed by atoms with Crippen molar-refractivity contribution in [1.82, 2.24) is 4.90 Å². The summed E-state index contributed by atoms with van der Waals surface area (Å²) in [6.07, 6.45) is 3.27. The third kappa shape index (κ3) is 4.38. The molecule has 6 heteroatoms. The summed E-state index contributed by atoms with van der Waals surface area (Å²) in [6.45, 7) is 0.786. The molecule has 2 fully saturated rings. The largest absolute Gasteiger partial charge is 0.493 e. The van der Waals surface area contributed by atoms with Crippen LogP contribution in [0.15, 0.2) is 42.5 Å². The third-order valence-corrected chi connectivity index (χ3v) is 8.58. The van der Waals surface area contributed by atoms with Crippen LogP contribution in [0.25, 0.3) is 0 Å². The summed E-state index contributed by atoms with van der Waals surface area (Å²) < 4.78 is 11.3. The van der Waals surface area contributed by atoms with Crippen molar-refractivity contribution in [2.24, 2.45) is 0 Å². The van der Waals surface area contributed by atoms with Gasteiger partial charge in [0, 0.05) is 12.1 Å². The Morgan fingerprint density at radius 2 is 1.62 bits per heavy atom. The first-order valence-electron chi connectivity index (χ1n) is 10.1. The Kier molecular flexibility index (Phi) is 6.60. The second-order valence-electron chi connectivity index (χ2n) is 7.32. The van der Waals surface area contributed by atoms with Crippen molar-refractivity contribution in [3.05, 3.63) is 59.2 Å². The summed E-state index contributed by atoms with van der Waals surface area (Å²) in [7, 11) is 3.28. The number of hydrogen-bond donors (Lipinski definition) is 0. The number of amides is 1. The van der Waals surface area contributed by atoms with Gasteiger partial charge in [0.05, 0.1) is 24.8 Å². The predicted octanol–water partition coefficient (Wildman–Crippen LogP) is 5.55. The molecule has 2 aliphatic heterocycles. The molecule has 2 saturated heterocycles. The fourth-order valence-corrected chi connectivity index (χ4v) is 6.94. The number of nitrogens with zero attached hydrogens (tertiary/aromatic N) is 1. The number of rotatable bonds is 5. The summed E-state index contributed by atoms with van der Waals surface area (Å²) in [5.74, 6) is 3.97. The number of carbonyl (C=O) groups is 1. The molecule has 29 heavy (non-hydrogen) atoms. The van der Waals surface area contributed by atoms with Gasteiger partial charge in [-0.3, -0.25) is 4.79 Å². The molecule has 4 nitrogen and oxygen atoms in total. The van der Waals surface area contributed by atoms with E-state index in [1.165, 1.54) is 23.5 Å². The van der Waals surface area contributed by atoms with Gasteiger partial charge in [-0.1, -0.05) is 18.2 Å². The van der Waals surface area contributed by atoms with Crippen LogP contribution in [0.2, 0.25) is 0 Å². The van der Waals surface area contributed by atoms with Gasteiger partial charge in [-0.15, -0.1) is 23.5 Å². The van der Waals surface area contributed by atoms with Crippen LogP contribution < -0.4 is 9.47 Å². The zero-order chi connectivity index (χ0) is 20.2. The van der Waals surface area contributed by atoms with Crippen LogP contribution in [-0.2, 0) is 0 Å². The Morgan fingerprint density at radius 3 is 2.31 bits per heavy atom. The van der Waals surface area contributed by atoms with Crippen LogP contribution in [0.5, 0.6) is 11.5 Å². The van der Waals surface area contributed by atoms with Crippen molar-refractivity contribution in [2.45, 2.75) is 29.9 Å². The Bertz CT molecular complexity index is 850. The Labute approximate surface area is 181 Å². The van der Waals surface area contributed by atoms with Gasteiger partial charge in [0.15, 0.2) is 11.5 Å². The maximum atomic E-state index is 13.3. The standard InChI is InChI=1S/C23H27NO3S2/c1-26-20-11-10-18(15-21(20)27-2)19-5-3-12-24(19)22(25)16-6-8-17(9-7-16)23-28-13-4-14-29-23/h6-11,15,19,23H,3-5,12-14H2,1-2H3. The number of thioether (sulfide) groups is 2. The van der Waals surface area contributed by atoms with E-state index in [0.717, 1.165) is 30.5 Å². The second kappa shape index (κ2) is 9.35. The fourth-order valence-electron chi connectivity index (χ4n) is 4.05. The molecule has 0 aromatic heterocycles. The third-order valence-electron chi connectivity index (χ3n) is 5.56. The highest BCUT2D eigenvalue weighted by atomic mass is 32.2. The van der Waals surface area contributed by atoms with Gasteiger partial charge >= 0.3 is 0 Å². The first-order valence-corrected chi connectivity index (χ1v) is 12.2. The molecule has 0 N–H and O–H groups in total. The number of likely N-dealkylation sites (tertiary alicyclic amines) is 1. The highest BCUT2D eigenvalue weighted by molar-refractivity contribution is 8.16. The lowest BCUT2D eigenvalue weighted by atomic mass is 10.0.